The molecule has 3 amide bonds. The summed E-state index contributed by atoms with van der Waals surface area (Å²) in [6.07, 6.45) is 4.00. The minimum absolute atomic E-state index is 0.0147. The van der Waals surface area contributed by atoms with Crippen LogP contribution in [0.4, 0.5) is 4.79 Å². The molecule has 0 radical (unpaired) electrons. The second-order valence-corrected chi connectivity index (χ2v) is 6.42. The van der Waals surface area contributed by atoms with Crippen LogP contribution in [0.5, 0.6) is 0 Å². The third-order valence-corrected chi connectivity index (χ3v) is 4.42. The monoisotopic (exact) mass is 318 g/mol. The van der Waals surface area contributed by atoms with Crippen molar-refractivity contribution in [3.8, 4) is 0 Å². The Balaban J connectivity index is 1.98. The predicted octanol–water partition coefficient (Wildman–Crippen LogP) is 3.00. The number of rotatable bonds is 8. The van der Waals surface area contributed by atoms with Gasteiger partial charge in [-0.25, -0.2) is 4.79 Å². The zero-order valence-corrected chi connectivity index (χ0v) is 13.9. The Bertz CT molecular complexity index is 546. The van der Waals surface area contributed by atoms with Crippen molar-refractivity contribution in [1.29, 1.82) is 0 Å². The molecule has 2 unspecified atom stereocenters. The molecule has 0 saturated carbocycles. The van der Waals surface area contributed by atoms with E-state index in [0.29, 0.717) is 12.0 Å². The molecule has 2 atom stereocenters. The fourth-order valence-electron chi connectivity index (χ4n) is 2.94. The van der Waals surface area contributed by atoms with E-state index >= 15 is 0 Å². The first-order chi connectivity index (χ1) is 11.0. The van der Waals surface area contributed by atoms with Gasteiger partial charge in [0.2, 0.25) is 0 Å². The smallest absolute Gasteiger partial charge is 0.325 e. The van der Waals surface area contributed by atoms with E-state index in [1.54, 1.807) is 19.1 Å². The summed E-state index contributed by atoms with van der Waals surface area (Å²) in [5, 5.41) is 13.0. The van der Waals surface area contributed by atoms with Gasteiger partial charge in [-0.15, -0.1) is 0 Å². The van der Waals surface area contributed by atoms with Crippen LogP contribution in [-0.2, 0) is 4.79 Å². The zero-order chi connectivity index (χ0) is 16.9. The normalized spacial score (nSPS) is 22.3. The topological polar surface area (TPSA) is 69.6 Å². The van der Waals surface area contributed by atoms with Gasteiger partial charge in [-0.3, -0.25) is 9.69 Å². The molecule has 0 bridgehead atoms. The molecule has 23 heavy (non-hydrogen) atoms. The Hall–Kier alpha value is -1.88. The Morgan fingerprint density at radius 2 is 1.87 bits per heavy atom. The SMILES string of the molecule is CCCCCCC1(C)NC(=O)N(CC(O)c2ccccc2)C1=O. The zero-order valence-electron chi connectivity index (χ0n) is 13.9. The molecule has 0 spiro atoms. The van der Waals surface area contributed by atoms with Crippen molar-refractivity contribution in [2.75, 3.05) is 6.54 Å². The average molecular weight is 318 g/mol. The maximum Gasteiger partial charge on any atom is 0.325 e. The molecule has 1 heterocycles. The molecular formula is C18H26N2O3. The largest absolute Gasteiger partial charge is 0.387 e. The van der Waals surface area contributed by atoms with Crippen LogP contribution in [0.25, 0.3) is 0 Å². The Labute approximate surface area is 137 Å². The fourth-order valence-corrected chi connectivity index (χ4v) is 2.94. The lowest BCUT2D eigenvalue weighted by Gasteiger charge is -2.22. The molecule has 126 valence electrons. The van der Waals surface area contributed by atoms with Gasteiger partial charge in [0.25, 0.3) is 5.91 Å². The summed E-state index contributed by atoms with van der Waals surface area (Å²) in [5.41, 5.74) is -0.147. The van der Waals surface area contributed by atoms with Crippen LogP contribution in [0, 0.1) is 0 Å². The van der Waals surface area contributed by atoms with Crippen LogP contribution >= 0.6 is 0 Å². The number of nitrogens with one attached hydrogen (secondary N) is 1. The number of nitrogens with zero attached hydrogens (tertiary/aromatic N) is 1. The molecule has 0 aliphatic carbocycles. The average Bonchev–Trinajstić information content (AvgIpc) is 2.76. The van der Waals surface area contributed by atoms with Crippen molar-refractivity contribution in [3.05, 3.63) is 35.9 Å². The Kier molecular flexibility index (Phi) is 5.77. The fraction of sp³-hybridized carbons (Fsp3) is 0.556. The minimum Gasteiger partial charge on any atom is -0.387 e. The number of hydrogen-bond donors (Lipinski definition) is 2. The summed E-state index contributed by atoms with van der Waals surface area (Å²) in [4.78, 5) is 25.9. The Morgan fingerprint density at radius 3 is 2.52 bits per heavy atom. The predicted molar refractivity (Wildman–Crippen MR) is 88.8 cm³/mol. The number of aliphatic hydroxyl groups is 1. The van der Waals surface area contributed by atoms with Crippen LogP contribution < -0.4 is 5.32 Å². The van der Waals surface area contributed by atoms with Crippen LogP contribution in [0.2, 0.25) is 0 Å². The van der Waals surface area contributed by atoms with Crippen molar-refractivity contribution in [1.82, 2.24) is 10.2 Å². The van der Waals surface area contributed by atoms with Crippen LogP contribution in [0.15, 0.2) is 30.3 Å². The van der Waals surface area contributed by atoms with Crippen LogP contribution in [0.1, 0.15) is 57.6 Å². The van der Waals surface area contributed by atoms with Gasteiger partial charge in [0.05, 0.1) is 12.6 Å². The van der Waals surface area contributed by atoms with Crippen molar-refractivity contribution in [2.45, 2.75) is 57.6 Å². The highest BCUT2D eigenvalue weighted by molar-refractivity contribution is 6.06. The molecule has 1 aliphatic heterocycles. The first-order valence-corrected chi connectivity index (χ1v) is 8.35. The number of unbranched alkanes of at least 4 members (excludes halogenated alkanes) is 3. The molecule has 1 saturated heterocycles. The maximum absolute atomic E-state index is 12.6. The lowest BCUT2D eigenvalue weighted by molar-refractivity contribution is -0.132. The summed E-state index contributed by atoms with van der Waals surface area (Å²) in [7, 11) is 0. The van der Waals surface area contributed by atoms with E-state index in [2.05, 4.69) is 12.2 Å². The van der Waals surface area contributed by atoms with Crippen LogP contribution in [-0.4, -0.2) is 34.0 Å². The molecule has 1 aromatic carbocycles. The van der Waals surface area contributed by atoms with Gasteiger partial charge in [0, 0.05) is 0 Å². The van der Waals surface area contributed by atoms with Crippen molar-refractivity contribution in [2.24, 2.45) is 0 Å². The highest BCUT2D eigenvalue weighted by atomic mass is 16.3. The third-order valence-electron chi connectivity index (χ3n) is 4.42. The molecule has 1 fully saturated rings. The number of carbonyl (C=O) groups excluding carboxylic acids is 2. The second kappa shape index (κ2) is 7.59. The number of benzene rings is 1. The third kappa shape index (κ3) is 4.10. The molecule has 2 N–H and O–H groups in total. The first kappa shape index (κ1) is 17.5. The lowest BCUT2D eigenvalue weighted by atomic mass is 9.94. The van der Waals surface area contributed by atoms with Gasteiger partial charge in [-0.05, 0) is 18.9 Å². The van der Waals surface area contributed by atoms with Gasteiger partial charge in [0.1, 0.15) is 5.54 Å². The van der Waals surface area contributed by atoms with E-state index < -0.39 is 17.7 Å². The van der Waals surface area contributed by atoms with Crippen molar-refractivity contribution in [3.63, 3.8) is 0 Å². The van der Waals surface area contributed by atoms with E-state index in [4.69, 9.17) is 0 Å². The van der Waals surface area contributed by atoms with E-state index in [0.717, 1.165) is 30.6 Å². The van der Waals surface area contributed by atoms with Gasteiger partial charge in [0.15, 0.2) is 0 Å². The molecular weight excluding hydrogens is 292 g/mol. The molecule has 2 rings (SSSR count). The number of β-amino-alcohol motifs (C(OH)–C–C–N with tert-alkyl or cyclic N) is 1. The van der Waals surface area contributed by atoms with Crippen LogP contribution in [0.3, 0.4) is 0 Å². The van der Waals surface area contributed by atoms with Gasteiger partial charge < -0.3 is 10.4 Å². The van der Waals surface area contributed by atoms with Gasteiger partial charge in [-0.2, -0.15) is 0 Å². The van der Waals surface area contributed by atoms with E-state index in [-0.39, 0.29) is 12.5 Å². The van der Waals surface area contributed by atoms with E-state index in [1.807, 2.05) is 18.2 Å². The number of carbonyl (C=O) groups is 2. The molecule has 1 aromatic rings. The summed E-state index contributed by atoms with van der Waals surface area (Å²) < 4.78 is 0. The van der Waals surface area contributed by atoms with Crippen molar-refractivity contribution >= 4 is 11.9 Å². The second-order valence-electron chi connectivity index (χ2n) is 6.42. The summed E-state index contributed by atoms with van der Waals surface area (Å²) in [5.74, 6) is -0.242. The summed E-state index contributed by atoms with van der Waals surface area (Å²) in [6.45, 7) is 3.89. The number of urea groups is 1. The number of imide groups is 1. The molecule has 0 aromatic heterocycles. The first-order valence-electron chi connectivity index (χ1n) is 8.35. The minimum atomic E-state index is -0.867. The molecule has 5 nitrogen and oxygen atoms in total. The number of aliphatic hydroxyl groups excluding tert-OH is 1. The number of amides is 3. The van der Waals surface area contributed by atoms with Gasteiger partial charge in [-0.1, -0.05) is 62.9 Å². The molecule has 1 aliphatic rings. The number of hydrogen-bond acceptors (Lipinski definition) is 3. The quantitative estimate of drug-likeness (QED) is 0.572. The standard InChI is InChI=1S/C18H26N2O3/c1-3-4-5-9-12-18(2)16(22)20(17(23)19-18)13-15(21)14-10-7-6-8-11-14/h6-8,10-11,15,21H,3-5,9,12-13H2,1-2H3,(H,19,23). The highest BCUT2D eigenvalue weighted by Gasteiger charge is 2.47. The summed E-state index contributed by atoms with van der Waals surface area (Å²) in [6, 6.07) is 8.66. The van der Waals surface area contributed by atoms with Gasteiger partial charge >= 0.3 is 6.03 Å². The lowest BCUT2D eigenvalue weighted by Crippen LogP contribution is -2.44. The van der Waals surface area contributed by atoms with E-state index in [9.17, 15) is 14.7 Å². The molecule has 5 heteroatoms. The summed E-state index contributed by atoms with van der Waals surface area (Å²) >= 11 is 0. The maximum atomic E-state index is 12.6. The van der Waals surface area contributed by atoms with Crippen molar-refractivity contribution < 1.29 is 14.7 Å². The highest BCUT2D eigenvalue weighted by Crippen LogP contribution is 2.26. The Morgan fingerprint density at radius 1 is 1.17 bits per heavy atom. The van der Waals surface area contributed by atoms with E-state index in [1.165, 1.54) is 0 Å².